The van der Waals surface area contributed by atoms with Gasteiger partial charge >= 0.3 is 5.30 Å². The fourth-order valence-electron chi connectivity index (χ4n) is 0.950. The van der Waals surface area contributed by atoms with Crippen LogP contribution in [0.4, 0.5) is 10.5 Å². The molecule has 1 aromatic rings. The highest BCUT2D eigenvalue weighted by atomic mass is 32.1. The number of rotatable bonds is 3. The smallest absolute Gasteiger partial charge is 0.364 e. The molecule has 0 aliphatic rings. The molecule has 0 fully saturated rings. The van der Waals surface area contributed by atoms with E-state index in [9.17, 15) is 14.9 Å². The van der Waals surface area contributed by atoms with E-state index >= 15 is 0 Å². The highest BCUT2D eigenvalue weighted by Crippen LogP contribution is 2.18. The molecule has 0 saturated carbocycles. The predicted molar refractivity (Wildman–Crippen MR) is 52.3 cm³/mol. The van der Waals surface area contributed by atoms with Crippen LogP contribution in [0.3, 0.4) is 0 Å². The van der Waals surface area contributed by atoms with Crippen LogP contribution in [0.5, 0.6) is 0 Å². The molecule has 0 radical (unpaired) electrons. The Hall–Kier alpha value is -1.56. The lowest BCUT2D eigenvalue weighted by atomic mass is 10.2. The monoisotopic (exact) mass is 213 g/mol. The van der Waals surface area contributed by atoms with E-state index in [0.717, 1.165) is 0 Å². The van der Waals surface area contributed by atoms with Crippen molar-refractivity contribution >= 4 is 23.6 Å². The standard InChI is InChI=1S/C8H7NO4S/c10-8(14)13-5-6-3-1-2-4-7(6)9(11)12/h1-4H,5H2,(H,10,14). The van der Waals surface area contributed by atoms with Crippen molar-refractivity contribution in [3.05, 3.63) is 39.9 Å². The highest BCUT2D eigenvalue weighted by Gasteiger charge is 2.12. The molecule has 1 rings (SSSR count). The maximum Gasteiger partial charge on any atom is 0.364 e. The van der Waals surface area contributed by atoms with E-state index in [2.05, 4.69) is 17.4 Å². The lowest BCUT2D eigenvalue weighted by Gasteiger charge is -2.01. The predicted octanol–water partition coefficient (Wildman–Crippen LogP) is 2.16. The van der Waals surface area contributed by atoms with E-state index in [1.54, 1.807) is 12.1 Å². The number of hydrogen-bond acceptors (Lipinski definition) is 4. The van der Waals surface area contributed by atoms with E-state index < -0.39 is 10.2 Å². The Morgan fingerprint density at radius 1 is 1.50 bits per heavy atom. The van der Waals surface area contributed by atoms with Gasteiger partial charge in [0, 0.05) is 6.07 Å². The Kier molecular flexibility index (Phi) is 3.47. The second-order valence-corrected chi connectivity index (χ2v) is 2.81. The minimum Gasteiger partial charge on any atom is -0.453 e. The summed E-state index contributed by atoms with van der Waals surface area (Å²) in [6.07, 6.45) is 0. The molecule has 0 aromatic heterocycles. The lowest BCUT2D eigenvalue weighted by molar-refractivity contribution is -0.385. The SMILES string of the molecule is O=C(S)OCc1ccccc1[N+](=O)[O-]. The second-order valence-electron chi connectivity index (χ2n) is 2.44. The highest BCUT2D eigenvalue weighted by molar-refractivity contribution is 7.96. The van der Waals surface area contributed by atoms with Gasteiger partial charge in [-0.2, -0.15) is 0 Å². The van der Waals surface area contributed by atoms with Crippen molar-refractivity contribution in [3.63, 3.8) is 0 Å². The molecule has 74 valence electrons. The lowest BCUT2D eigenvalue weighted by Crippen LogP contribution is -1.99. The number of nitrogens with zero attached hydrogens (tertiary/aromatic N) is 1. The van der Waals surface area contributed by atoms with Crippen LogP contribution < -0.4 is 0 Å². The van der Waals surface area contributed by atoms with Crippen LogP contribution in [0, 0.1) is 10.1 Å². The molecule has 0 unspecified atom stereocenters. The molecule has 0 heterocycles. The van der Waals surface area contributed by atoms with Crippen molar-refractivity contribution in [1.29, 1.82) is 0 Å². The van der Waals surface area contributed by atoms with Crippen LogP contribution in [0.1, 0.15) is 5.56 Å². The Labute approximate surface area is 85.2 Å². The molecule has 0 aliphatic heterocycles. The molecule has 0 spiro atoms. The number of para-hydroxylation sites is 1. The van der Waals surface area contributed by atoms with E-state index in [1.807, 2.05) is 0 Å². The number of thiol groups is 1. The molecule has 6 heteroatoms. The van der Waals surface area contributed by atoms with Gasteiger partial charge in [0.25, 0.3) is 5.69 Å². The molecule has 0 saturated heterocycles. The number of hydrogen-bond donors (Lipinski definition) is 1. The zero-order valence-electron chi connectivity index (χ0n) is 7.04. The van der Waals surface area contributed by atoms with Crippen LogP contribution in [0.15, 0.2) is 24.3 Å². The fraction of sp³-hybridized carbons (Fsp3) is 0.125. The first-order valence-electron chi connectivity index (χ1n) is 3.69. The topological polar surface area (TPSA) is 69.4 Å². The third-order valence-corrected chi connectivity index (χ3v) is 1.67. The van der Waals surface area contributed by atoms with Gasteiger partial charge in [0.2, 0.25) is 0 Å². The number of carbonyl (C=O) groups is 1. The molecule has 5 nitrogen and oxygen atoms in total. The quantitative estimate of drug-likeness (QED) is 0.361. The number of benzene rings is 1. The molecule has 0 amide bonds. The first kappa shape index (κ1) is 10.5. The summed E-state index contributed by atoms with van der Waals surface area (Å²) < 4.78 is 4.54. The molecular weight excluding hydrogens is 206 g/mol. The molecule has 1 aromatic carbocycles. The molecule has 0 bridgehead atoms. The summed E-state index contributed by atoms with van der Waals surface area (Å²) in [5.74, 6) is 0. The summed E-state index contributed by atoms with van der Waals surface area (Å²) in [6.45, 7) is -0.139. The number of ether oxygens (including phenoxy) is 1. The minimum absolute atomic E-state index is 0.0675. The van der Waals surface area contributed by atoms with Crippen molar-refractivity contribution in [2.24, 2.45) is 0 Å². The molecular formula is C8H7NO4S. The van der Waals surface area contributed by atoms with Gasteiger partial charge in [0.15, 0.2) is 0 Å². The average Bonchev–Trinajstić information content (AvgIpc) is 2.15. The van der Waals surface area contributed by atoms with E-state index in [1.165, 1.54) is 12.1 Å². The van der Waals surface area contributed by atoms with Crippen LogP contribution in [-0.4, -0.2) is 10.2 Å². The van der Waals surface area contributed by atoms with Crippen LogP contribution >= 0.6 is 12.6 Å². The number of nitro benzene ring substituents is 1. The van der Waals surface area contributed by atoms with Gasteiger partial charge in [-0.1, -0.05) is 24.8 Å². The summed E-state index contributed by atoms with van der Waals surface area (Å²) in [4.78, 5) is 20.4. The van der Waals surface area contributed by atoms with E-state index in [4.69, 9.17) is 0 Å². The summed E-state index contributed by atoms with van der Waals surface area (Å²) in [6, 6.07) is 6.05. The largest absolute Gasteiger partial charge is 0.453 e. The van der Waals surface area contributed by atoms with Gasteiger partial charge in [0.05, 0.1) is 10.5 Å². The summed E-state index contributed by atoms with van der Waals surface area (Å²) in [7, 11) is 0. The zero-order valence-corrected chi connectivity index (χ0v) is 7.94. The summed E-state index contributed by atoms with van der Waals surface area (Å²) in [5.41, 5.74) is 0.280. The Morgan fingerprint density at radius 2 is 2.14 bits per heavy atom. The average molecular weight is 213 g/mol. The van der Waals surface area contributed by atoms with Crippen molar-refractivity contribution < 1.29 is 14.5 Å². The maximum atomic E-state index is 10.5. The third kappa shape index (κ3) is 2.74. The first-order valence-corrected chi connectivity index (χ1v) is 4.14. The van der Waals surface area contributed by atoms with Gasteiger partial charge in [-0.05, 0) is 6.07 Å². The minimum atomic E-state index is -0.761. The number of carbonyl (C=O) groups excluding carboxylic acids is 1. The fourth-order valence-corrected chi connectivity index (χ4v) is 1.02. The van der Waals surface area contributed by atoms with Gasteiger partial charge in [0.1, 0.15) is 6.61 Å². The first-order chi connectivity index (χ1) is 6.61. The Morgan fingerprint density at radius 3 is 2.71 bits per heavy atom. The third-order valence-electron chi connectivity index (χ3n) is 1.54. The summed E-state index contributed by atoms with van der Waals surface area (Å²) >= 11 is 3.38. The molecule has 0 N–H and O–H groups in total. The maximum absolute atomic E-state index is 10.5. The van der Waals surface area contributed by atoms with Crippen molar-refractivity contribution in [2.45, 2.75) is 6.61 Å². The van der Waals surface area contributed by atoms with Crippen LogP contribution in [0.25, 0.3) is 0 Å². The van der Waals surface area contributed by atoms with Crippen LogP contribution in [0.2, 0.25) is 0 Å². The normalized spacial score (nSPS) is 9.50. The Bertz CT molecular complexity index is 366. The number of nitro groups is 1. The second kappa shape index (κ2) is 4.61. The van der Waals surface area contributed by atoms with E-state index in [-0.39, 0.29) is 12.3 Å². The Balaban J connectivity index is 2.84. The molecule has 0 atom stereocenters. The van der Waals surface area contributed by atoms with Crippen molar-refractivity contribution in [3.8, 4) is 0 Å². The van der Waals surface area contributed by atoms with Gasteiger partial charge in [-0.15, -0.1) is 0 Å². The van der Waals surface area contributed by atoms with Gasteiger partial charge < -0.3 is 4.74 Å². The van der Waals surface area contributed by atoms with Crippen molar-refractivity contribution in [2.75, 3.05) is 0 Å². The van der Waals surface area contributed by atoms with Crippen molar-refractivity contribution in [1.82, 2.24) is 0 Å². The van der Waals surface area contributed by atoms with Gasteiger partial charge in [-0.3, -0.25) is 10.1 Å². The molecule has 14 heavy (non-hydrogen) atoms. The van der Waals surface area contributed by atoms with Gasteiger partial charge in [-0.25, -0.2) is 4.79 Å². The molecule has 0 aliphatic carbocycles. The van der Waals surface area contributed by atoms with E-state index in [0.29, 0.717) is 5.56 Å². The van der Waals surface area contributed by atoms with Crippen LogP contribution in [-0.2, 0) is 11.3 Å². The summed E-state index contributed by atoms with van der Waals surface area (Å²) in [5, 5.41) is 9.75. The zero-order chi connectivity index (χ0) is 10.6.